The van der Waals surface area contributed by atoms with Crippen molar-refractivity contribution >= 4 is 23.8 Å². The quantitative estimate of drug-likeness (QED) is 0.386. The van der Waals surface area contributed by atoms with Crippen LogP contribution in [0.5, 0.6) is 0 Å². The molecule has 0 saturated carbocycles. The molecule has 0 unspecified atom stereocenters. The van der Waals surface area contributed by atoms with Gasteiger partial charge in [-0.1, -0.05) is 36.3 Å². The van der Waals surface area contributed by atoms with Crippen LogP contribution >= 0.6 is 0 Å². The predicted molar refractivity (Wildman–Crippen MR) is 96.2 cm³/mol. The zero-order valence-electron chi connectivity index (χ0n) is 15.0. The fraction of sp³-hybridized carbons (Fsp3) is 0.368. The van der Waals surface area contributed by atoms with E-state index in [4.69, 9.17) is 11.2 Å². The molecule has 0 bridgehead atoms. The van der Waals surface area contributed by atoms with Gasteiger partial charge in [0.2, 0.25) is 0 Å². The van der Waals surface area contributed by atoms with E-state index in [0.717, 1.165) is 10.5 Å². The van der Waals surface area contributed by atoms with Crippen molar-refractivity contribution in [2.45, 2.75) is 25.3 Å². The molecule has 8 heteroatoms. The van der Waals surface area contributed by atoms with Crippen LogP contribution in [-0.2, 0) is 25.5 Å². The van der Waals surface area contributed by atoms with Gasteiger partial charge in [0.15, 0.2) is 6.61 Å². The number of rotatable bonds is 8. The Morgan fingerprint density at radius 3 is 2.67 bits per heavy atom. The van der Waals surface area contributed by atoms with Crippen LogP contribution in [0.25, 0.3) is 0 Å². The third kappa shape index (κ3) is 5.31. The Morgan fingerprint density at radius 2 is 2.00 bits per heavy atom. The van der Waals surface area contributed by atoms with E-state index in [0.29, 0.717) is 12.8 Å². The molecule has 1 aromatic carbocycles. The highest BCUT2D eigenvalue weighted by Crippen LogP contribution is 2.23. The normalized spacial score (nSPS) is 18.6. The number of nitrogens with zero attached hydrogens (tertiary/aromatic N) is 1. The summed E-state index contributed by atoms with van der Waals surface area (Å²) in [5, 5.41) is 4.96. The maximum Gasteiger partial charge on any atom is 0.326 e. The summed E-state index contributed by atoms with van der Waals surface area (Å²) in [6.07, 6.45) is 5.98. The predicted octanol–water partition coefficient (Wildman–Crippen LogP) is 0.222. The summed E-state index contributed by atoms with van der Waals surface area (Å²) >= 11 is 0. The Morgan fingerprint density at radius 1 is 1.30 bits per heavy atom. The Hall–Kier alpha value is -3.34. The first-order valence-electron chi connectivity index (χ1n) is 8.39. The average molecular weight is 371 g/mol. The van der Waals surface area contributed by atoms with Crippen LogP contribution in [0, 0.1) is 12.3 Å². The lowest BCUT2D eigenvalue weighted by Gasteiger charge is -2.21. The number of carbonyl (C=O) groups is 4. The van der Waals surface area contributed by atoms with Crippen molar-refractivity contribution in [3.63, 3.8) is 0 Å². The van der Waals surface area contributed by atoms with Gasteiger partial charge < -0.3 is 15.4 Å². The van der Waals surface area contributed by atoms with Gasteiger partial charge in [0, 0.05) is 0 Å². The van der Waals surface area contributed by atoms with Gasteiger partial charge in [-0.25, -0.2) is 4.79 Å². The summed E-state index contributed by atoms with van der Waals surface area (Å²) in [7, 11) is 0. The second-order valence-corrected chi connectivity index (χ2v) is 6.28. The SMILES string of the molecule is C#CCNC(=O)COC(=O)CN1C(=O)N[C@@](C)(CCc2ccccc2)C1=O. The van der Waals surface area contributed by atoms with Crippen molar-refractivity contribution in [2.24, 2.45) is 0 Å². The molecule has 1 saturated heterocycles. The number of amides is 4. The van der Waals surface area contributed by atoms with E-state index in [1.54, 1.807) is 6.92 Å². The fourth-order valence-electron chi connectivity index (χ4n) is 2.62. The molecule has 4 amide bonds. The average Bonchev–Trinajstić information content (AvgIpc) is 2.87. The van der Waals surface area contributed by atoms with Crippen LogP contribution in [-0.4, -0.2) is 54.0 Å². The molecular weight excluding hydrogens is 350 g/mol. The summed E-state index contributed by atoms with van der Waals surface area (Å²) in [6.45, 7) is 0.543. The number of imide groups is 1. The maximum atomic E-state index is 12.6. The van der Waals surface area contributed by atoms with Crippen LogP contribution in [0.15, 0.2) is 30.3 Å². The lowest BCUT2D eigenvalue weighted by atomic mass is 9.93. The molecule has 27 heavy (non-hydrogen) atoms. The minimum absolute atomic E-state index is 0.0170. The van der Waals surface area contributed by atoms with E-state index in [1.807, 2.05) is 30.3 Å². The molecule has 8 nitrogen and oxygen atoms in total. The van der Waals surface area contributed by atoms with Crippen molar-refractivity contribution in [2.75, 3.05) is 19.7 Å². The lowest BCUT2D eigenvalue weighted by Crippen LogP contribution is -2.44. The molecule has 0 spiro atoms. The highest BCUT2D eigenvalue weighted by Gasteiger charge is 2.48. The van der Waals surface area contributed by atoms with E-state index in [1.165, 1.54) is 0 Å². The zero-order chi connectivity index (χ0) is 19.9. The molecule has 1 aromatic rings. The second kappa shape index (κ2) is 8.85. The Bertz CT molecular complexity index is 771. The fourth-order valence-corrected chi connectivity index (χ4v) is 2.62. The summed E-state index contributed by atoms with van der Waals surface area (Å²) in [4.78, 5) is 48.7. The van der Waals surface area contributed by atoms with E-state index in [2.05, 4.69) is 16.6 Å². The van der Waals surface area contributed by atoms with Gasteiger partial charge in [-0.2, -0.15) is 0 Å². The number of benzene rings is 1. The van der Waals surface area contributed by atoms with Crippen molar-refractivity contribution in [1.29, 1.82) is 0 Å². The first-order chi connectivity index (χ1) is 12.9. The topological polar surface area (TPSA) is 105 Å². The lowest BCUT2D eigenvalue weighted by molar-refractivity contribution is -0.151. The Balaban J connectivity index is 1.88. The van der Waals surface area contributed by atoms with Crippen LogP contribution in [0.2, 0.25) is 0 Å². The van der Waals surface area contributed by atoms with E-state index in [-0.39, 0.29) is 6.54 Å². The van der Waals surface area contributed by atoms with Gasteiger partial charge in [0.1, 0.15) is 12.1 Å². The van der Waals surface area contributed by atoms with Crippen molar-refractivity contribution in [1.82, 2.24) is 15.5 Å². The highest BCUT2D eigenvalue weighted by atomic mass is 16.5. The van der Waals surface area contributed by atoms with Gasteiger partial charge in [0.05, 0.1) is 6.54 Å². The second-order valence-electron chi connectivity index (χ2n) is 6.28. The molecule has 0 aromatic heterocycles. The number of hydrogen-bond donors (Lipinski definition) is 2. The first-order valence-corrected chi connectivity index (χ1v) is 8.39. The van der Waals surface area contributed by atoms with Gasteiger partial charge in [-0.3, -0.25) is 19.3 Å². The van der Waals surface area contributed by atoms with Gasteiger partial charge in [0.25, 0.3) is 11.8 Å². The van der Waals surface area contributed by atoms with Gasteiger partial charge >= 0.3 is 12.0 Å². The largest absolute Gasteiger partial charge is 0.454 e. The van der Waals surface area contributed by atoms with Crippen LogP contribution in [0.1, 0.15) is 18.9 Å². The minimum Gasteiger partial charge on any atom is -0.454 e. The van der Waals surface area contributed by atoms with Gasteiger partial charge in [-0.05, 0) is 25.3 Å². The molecule has 2 N–H and O–H groups in total. The zero-order valence-corrected chi connectivity index (χ0v) is 15.0. The molecule has 1 fully saturated rings. The molecule has 0 aliphatic carbocycles. The standard InChI is InChI=1S/C19H21N3O5/c1-3-11-20-15(23)13-27-16(24)12-22-17(25)19(2,21-18(22)26)10-9-14-7-5-4-6-8-14/h1,4-8H,9-13H2,2H3,(H,20,23)(H,21,26)/t19-/m0/s1. The molecule has 142 valence electrons. The number of hydrogen-bond acceptors (Lipinski definition) is 5. The monoisotopic (exact) mass is 371 g/mol. The summed E-state index contributed by atoms with van der Waals surface area (Å²) in [5.74, 6) is 0.285. The van der Waals surface area contributed by atoms with E-state index >= 15 is 0 Å². The third-order valence-electron chi connectivity index (χ3n) is 4.14. The number of terminal acetylenes is 1. The Kier molecular flexibility index (Phi) is 6.55. The van der Waals surface area contributed by atoms with Crippen LogP contribution in [0.4, 0.5) is 4.79 Å². The molecule has 1 aliphatic rings. The smallest absolute Gasteiger partial charge is 0.326 e. The molecule has 1 atom stereocenters. The molecule has 1 heterocycles. The number of urea groups is 1. The van der Waals surface area contributed by atoms with Crippen LogP contribution in [0.3, 0.4) is 0 Å². The molecule has 0 radical (unpaired) electrons. The third-order valence-corrected chi connectivity index (χ3v) is 4.14. The van der Waals surface area contributed by atoms with Crippen molar-refractivity contribution in [3.05, 3.63) is 35.9 Å². The Labute approximate surface area is 157 Å². The van der Waals surface area contributed by atoms with Crippen molar-refractivity contribution in [3.8, 4) is 12.3 Å². The maximum absolute atomic E-state index is 12.6. The minimum atomic E-state index is -1.10. The summed E-state index contributed by atoms with van der Waals surface area (Å²) < 4.78 is 4.76. The van der Waals surface area contributed by atoms with Crippen LogP contribution < -0.4 is 10.6 Å². The number of aryl methyl sites for hydroxylation is 1. The molecule has 1 aliphatic heterocycles. The first kappa shape index (κ1) is 20.0. The number of esters is 1. The van der Waals surface area contributed by atoms with E-state index < -0.39 is 42.5 Å². The summed E-state index contributed by atoms with van der Waals surface area (Å²) in [6, 6.07) is 8.90. The van der Waals surface area contributed by atoms with Crippen molar-refractivity contribution < 1.29 is 23.9 Å². The number of nitrogens with one attached hydrogen (secondary N) is 2. The molecule has 2 rings (SSSR count). The molecular formula is C19H21N3O5. The number of ether oxygens (including phenoxy) is 1. The summed E-state index contributed by atoms with van der Waals surface area (Å²) in [5.41, 5.74) is -0.0613. The number of carbonyl (C=O) groups excluding carboxylic acids is 4. The van der Waals surface area contributed by atoms with E-state index in [9.17, 15) is 19.2 Å². The van der Waals surface area contributed by atoms with Gasteiger partial charge in [-0.15, -0.1) is 6.42 Å². The highest BCUT2D eigenvalue weighted by molar-refractivity contribution is 6.08.